The molecule has 0 aliphatic carbocycles. The lowest BCUT2D eigenvalue weighted by Crippen LogP contribution is -2.10. The highest BCUT2D eigenvalue weighted by Crippen LogP contribution is 2.44. The van der Waals surface area contributed by atoms with Gasteiger partial charge in [-0.1, -0.05) is 34.8 Å². The lowest BCUT2D eigenvalue weighted by atomic mass is 10.1. The molecule has 0 heterocycles. The Morgan fingerprint density at radius 2 is 1.57 bits per heavy atom. The Hall–Kier alpha value is -0.320. The number of benzene rings is 1. The first kappa shape index (κ1) is 11.8. The normalized spacial score (nSPS) is 11.9. The van der Waals surface area contributed by atoms with Crippen LogP contribution in [0.15, 0.2) is 0 Å². The summed E-state index contributed by atoms with van der Waals surface area (Å²) in [5.74, 6) is 0. The molecule has 0 bridgehead atoms. The predicted octanol–water partition coefficient (Wildman–Crippen LogP) is 4.05. The zero-order chi connectivity index (χ0) is 11.1. The van der Waals surface area contributed by atoms with E-state index in [1.165, 1.54) is 0 Å². The van der Waals surface area contributed by atoms with E-state index in [2.05, 4.69) is 6.07 Å². The molecule has 0 amide bonds. The van der Waals surface area contributed by atoms with Crippen LogP contribution in [0.2, 0.25) is 15.1 Å². The first-order valence-electron chi connectivity index (χ1n) is 3.17. The third kappa shape index (κ3) is 2.02. The van der Waals surface area contributed by atoms with Crippen molar-refractivity contribution < 1.29 is 13.2 Å². The van der Waals surface area contributed by atoms with E-state index >= 15 is 0 Å². The zero-order valence-electron chi connectivity index (χ0n) is 6.35. The number of nitrogens with two attached hydrogens (primary N) is 1. The molecule has 0 fully saturated rings. The molecule has 0 atom stereocenters. The van der Waals surface area contributed by atoms with Crippen LogP contribution in [0, 0.1) is 6.07 Å². The summed E-state index contributed by atoms with van der Waals surface area (Å²) < 4.78 is 37.1. The van der Waals surface area contributed by atoms with Crippen LogP contribution in [0.4, 0.5) is 18.9 Å². The largest absolute Gasteiger partial charge is 0.419 e. The van der Waals surface area contributed by atoms with E-state index in [9.17, 15) is 13.2 Å². The van der Waals surface area contributed by atoms with Crippen molar-refractivity contribution in [2.75, 3.05) is 5.73 Å². The van der Waals surface area contributed by atoms with Gasteiger partial charge in [-0.3, -0.25) is 0 Å². The lowest BCUT2D eigenvalue weighted by molar-refractivity contribution is -0.136. The molecule has 1 aromatic carbocycles. The SMILES string of the molecule is Nc1c(Cl)[c]c(Cl)c(Cl)c1C(F)(F)F. The number of hydrogen-bond acceptors (Lipinski definition) is 1. The molecule has 1 aromatic rings. The standard InChI is InChI=1S/C7H2Cl3F3N/c8-2-1-3(9)6(14)4(5(2)10)7(11,12)13/h14H2. The average molecular weight is 263 g/mol. The van der Waals surface area contributed by atoms with E-state index in [4.69, 9.17) is 40.5 Å². The van der Waals surface area contributed by atoms with Crippen molar-refractivity contribution in [2.24, 2.45) is 0 Å². The number of nitrogen functional groups attached to an aromatic ring is 1. The lowest BCUT2D eigenvalue weighted by Gasteiger charge is -2.13. The van der Waals surface area contributed by atoms with E-state index < -0.39 is 32.5 Å². The van der Waals surface area contributed by atoms with Gasteiger partial charge in [0.1, 0.15) is 5.56 Å². The second-order valence-electron chi connectivity index (χ2n) is 2.35. The van der Waals surface area contributed by atoms with Crippen LogP contribution in [-0.4, -0.2) is 0 Å². The van der Waals surface area contributed by atoms with Gasteiger partial charge in [0.25, 0.3) is 0 Å². The fraction of sp³-hybridized carbons (Fsp3) is 0.143. The first-order chi connectivity index (χ1) is 6.25. The number of anilines is 1. The van der Waals surface area contributed by atoms with Crippen LogP contribution in [0.1, 0.15) is 5.56 Å². The Balaban J connectivity index is 3.56. The van der Waals surface area contributed by atoms with Crippen molar-refractivity contribution >= 4 is 40.5 Å². The Bertz CT molecular complexity index is 349. The maximum Gasteiger partial charge on any atom is 0.419 e. The molecule has 14 heavy (non-hydrogen) atoms. The Morgan fingerprint density at radius 3 is 2.00 bits per heavy atom. The van der Waals surface area contributed by atoms with Crippen LogP contribution in [0.5, 0.6) is 0 Å². The van der Waals surface area contributed by atoms with Crippen LogP contribution in [-0.2, 0) is 6.18 Å². The zero-order valence-corrected chi connectivity index (χ0v) is 8.61. The Labute approximate surface area is 92.5 Å². The second-order valence-corrected chi connectivity index (χ2v) is 3.49. The smallest absolute Gasteiger partial charge is 0.397 e. The molecule has 1 radical (unpaired) electrons. The number of alkyl halides is 3. The van der Waals surface area contributed by atoms with E-state index in [0.29, 0.717) is 0 Å². The summed E-state index contributed by atoms with van der Waals surface area (Å²) in [7, 11) is 0. The molecule has 0 spiro atoms. The minimum atomic E-state index is -4.69. The molecule has 0 saturated carbocycles. The highest BCUT2D eigenvalue weighted by atomic mass is 35.5. The summed E-state index contributed by atoms with van der Waals surface area (Å²) in [6, 6.07) is 2.19. The number of rotatable bonds is 0. The first-order valence-corrected chi connectivity index (χ1v) is 4.31. The van der Waals surface area contributed by atoms with Gasteiger partial charge >= 0.3 is 6.18 Å². The maximum atomic E-state index is 12.4. The molecule has 0 aromatic heterocycles. The molecule has 0 aliphatic heterocycles. The fourth-order valence-electron chi connectivity index (χ4n) is 0.833. The minimum absolute atomic E-state index is 0.397. The molecule has 0 unspecified atom stereocenters. The van der Waals surface area contributed by atoms with E-state index in [-0.39, 0.29) is 0 Å². The van der Waals surface area contributed by atoms with Crippen molar-refractivity contribution in [1.82, 2.24) is 0 Å². The Morgan fingerprint density at radius 1 is 1.07 bits per heavy atom. The molecule has 1 nitrogen and oxygen atoms in total. The van der Waals surface area contributed by atoms with Crippen molar-refractivity contribution in [3.63, 3.8) is 0 Å². The van der Waals surface area contributed by atoms with Crippen molar-refractivity contribution in [3.8, 4) is 0 Å². The van der Waals surface area contributed by atoms with E-state index in [1.54, 1.807) is 0 Å². The van der Waals surface area contributed by atoms with Gasteiger partial charge in [0, 0.05) is 6.07 Å². The molecule has 1 rings (SSSR count). The summed E-state index contributed by atoms with van der Waals surface area (Å²) in [4.78, 5) is 0. The Kier molecular flexibility index (Phi) is 3.09. The van der Waals surface area contributed by atoms with Gasteiger partial charge in [-0.15, -0.1) is 0 Å². The van der Waals surface area contributed by atoms with Gasteiger partial charge in [0.15, 0.2) is 0 Å². The molecule has 7 heteroatoms. The van der Waals surface area contributed by atoms with Gasteiger partial charge < -0.3 is 5.73 Å². The highest BCUT2D eigenvalue weighted by Gasteiger charge is 2.37. The molecule has 2 N–H and O–H groups in total. The van der Waals surface area contributed by atoms with Gasteiger partial charge in [-0.2, -0.15) is 13.2 Å². The maximum absolute atomic E-state index is 12.4. The summed E-state index contributed by atoms with van der Waals surface area (Å²) >= 11 is 16.1. The summed E-state index contributed by atoms with van der Waals surface area (Å²) in [5, 5.41) is -1.49. The third-order valence-electron chi connectivity index (χ3n) is 1.42. The molecule has 77 valence electrons. The fourth-order valence-corrected chi connectivity index (χ4v) is 1.52. The van der Waals surface area contributed by atoms with Gasteiger partial charge in [-0.25, -0.2) is 0 Å². The monoisotopic (exact) mass is 262 g/mol. The summed E-state index contributed by atoms with van der Waals surface area (Å²) in [6.45, 7) is 0. The van der Waals surface area contributed by atoms with Gasteiger partial charge in [0.2, 0.25) is 0 Å². The number of halogens is 6. The quantitative estimate of drug-likeness (QED) is 0.554. The van der Waals surface area contributed by atoms with Gasteiger partial charge in [0.05, 0.1) is 20.8 Å². The highest BCUT2D eigenvalue weighted by molar-refractivity contribution is 6.44. The molecular weight excluding hydrogens is 261 g/mol. The van der Waals surface area contributed by atoms with Crippen molar-refractivity contribution in [3.05, 3.63) is 26.7 Å². The average Bonchev–Trinajstić information content (AvgIpc) is 1.98. The topological polar surface area (TPSA) is 26.0 Å². The van der Waals surface area contributed by atoms with Crippen LogP contribution in [0.3, 0.4) is 0 Å². The summed E-state index contributed by atoms with van der Waals surface area (Å²) in [6.07, 6.45) is -4.69. The summed E-state index contributed by atoms with van der Waals surface area (Å²) in [5.41, 5.74) is 3.21. The van der Waals surface area contributed by atoms with Crippen molar-refractivity contribution in [1.29, 1.82) is 0 Å². The van der Waals surface area contributed by atoms with Gasteiger partial charge in [-0.05, 0) is 0 Å². The van der Waals surface area contributed by atoms with E-state index in [1.807, 2.05) is 0 Å². The van der Waals surface area contributed by atoms with Crippen LogP contribution < -0.4 is 5.73 Å². The second kappa shape index (κ2) is 3.68. The minimum Gasteiger partial charge on any atom is -0.397 e. The third-order valence-corrected chi connectivity index (χ3v) is 2.48. The van der Waals surface area contributed by atoms with Crippen LogP contribution in [0.25, 0.3) is 0 Å². The number of hydrogen-bond donors (Lipinski definition) is 1. The molecular formula is C7H2Cl3F3N. The van der Waals surface area contributed by atoms with Crippen LogP contribution >= 0.6 is 34.8 Å². The molecule has 0 saturated heterocycles. The molecule has 0 aliphatic rings. The predicted molar refractivity (Wildman–Crippen MR) is 49.7 cm³/mol. The van der Waals surface area contributed by atoms with Crippen molar-refractivity contribution in [2.45, 2.75) is 6.18 Å². The van der Waals surface area contributed by atoms with E-state index in [0.717, 1.165) is 0 Å².